The van der Waals surface area contributed by atoms with Gasteiger partial charge in [0, 0.05) is 18.3 Å². The monoisotopic (exact) mass is 265 g/mol. The number of esters is 1. The third-order valence-corrected chi connectivity index (χ3v) is 3.89. The van der Waals surface area contributed by atoms with Crippen molar-refractivity contribution in [2.75, 3.05) is 0 Å². The van der Waals surface area contributed by atoms with Gasteiger partial charge in [-0.3, -0.25) is 4.79 Å². The quantitative estimate of drug-likeness (QED) is 0.795. The number of rotatable bonds is 5. The molecule has 2 rings (SSSR count). The highest BCUT2D eigenvalue weighted by Crippen LogP contribution is 2.28. The van der Waals surface area contributed by atoms with Gasteiger partial charge in [-0.25, -0.2) is 4.98 Å². The summed E-state index contributed by atoms with van der Waals surface area (Å²) in [6.45, 7) is 2.19. The number of hydrogen-bond acceptors (Lipinski definition) is 4. The van der Waals surface area contributed by atoms with Crippen LogP contribution >= 0.6 is 0 Å². The molecule has 0 bridgehead atoms. The molecule has 5 heteroatoms. The summed E-state index contributed by atoms with van der Waals surface area (Å²) in [5.74, 6) is 0.395. The van der Waals surface area contributed by atoms with Crippen LogP contribution in [0.1, 0.15) is 44.7 Å². The second-order valence-electron chi connectivity index (χ2n) is 5.39. The molecular formula is C14H23N3O2. The number of nitrogens with zero attached hydrogens (tertiary/aromatic N) is 1. The van der Waals surface area contributed by atoms with Gasteiger partial charge >= 0.3 is 5.97 Å². The number of hydrogen-bond donors (Lipinski definition) is 2. The first kappa shape index (κ1) is 14.1. The maximum absolute atomic E-state index is 12.0. The minimum absolute atomic E-state index is 0.0546. The van der Waals surface area contributed by atoms with Crippen molar-refractivity contribution in [1.29, 1.82) is 0 Å². The molecule has 0 radical (unpaired) electrons. The van der Waals surface area contributed by atoms with Crippen molar-refractivity contribution in [3.8, 4) is 0 Å². The molecule has 1 heterocycles. The molecule has 3 N–H and O–H groups in total. The molecule has 1 aliphatic carbocycles. The molecular weight excluding hydrogens is 242 g/mol. The van der Waals surface area contributed by atoms with Gasteiger partial charge < -0.3 is 15.5 Å². The summed E-state index contributed by atoms with van der Waals surface area (Å²) in [6, 6.07) is -0.609. The van der Waals surface area contributed by atoms with Crippen LogP contribution in [0, 0.1) is 5.92 Å². The fraction of sp³-hybridized carbons (Fsp3) is 0.714. The second kappa shape index (κ2) is 6.70. The third kappa shape index (κ3) is 4.06. The first-order valence-electron chi connectivity index (χ1n) is 7.12. The van der Waals surface area contributed by atoms with Crippen LogP contribution in [0.5, 0.6) is 0 Å². The van der Waals surface area contributed by atoms with Crippen molar-refractivity contribution < 1.29 is 9.53 Å². The molecule has 0 amide bonds. The molecule has 1 saturated carbocycles. The molecule has 106 valence electrons. The van der Waals surface area contributed by atoms with E-state index in [1.54, 1.807) is 12.5 Å². The van der Waals surface area contributed by atoms with Gasteiger partial charge in [-0.15, -0.1) is 0 Å². The molecule has 3 unspecified atom stereocenters. The molecule has 3 atom stereocenters. The topological polar surface area (TPSA) is 81.0 Å². The normalized spacial score (nSPS) is 24.9. The number of nitrogens with two attached hydrogens (primary N) is 1. The van der Waals surface area contributed by atoms with E-state index in [2.05, 4.69) is 16.9 Å². The largest absolute Gasteiger partial charge is 0.461 e. The maximum Gasteiger partial charge on any atom is 0.323 e. The van der Waals surface area contributed by atoms with Crippen molar-refractivity contribution >= 4 is 5.97 Å². The van der Waals surface area contributed by atoms with Crippen LogP contribution in [0.2, 0.25) is 0 Å². The fourth-order valence-electron chi connectivity index (χ4n) is 2.69. The van der Waals surface area contributed by atoms with Crippen LogP contribution in [0.15, 0.2) is 12.5 Å². The number of carbonyl (C=O) groups excluding carboxylic acids is 1. The van der Waals surface area contributed by atoms with Crippen molar-refractivity contribution in [3.63, 3.8) is 0 Å². The summed E-state index contributed by atoms with van der Waals surface area (Å²) in [5.41, 5.74) is 6.73. The summed E-state index contributed by atoms with van der Waals surface area (Å²) in [7, 11) is 0. The lowest BCUT2D eigenvalue weighted by molar-refractivity contribution is -0.152. The van der Waals surface area contributed by atoms with Crippen LogP contribution in [0.25, 0.3) is 0 Å². The van der Waals surface area contributed by atoms with E-state index in [4.69, 9.17) is 10.5 Å². The Hall–Kier alpha value is -1.36. The van der Waals surface area contributed by atoms with E-state index in [1.165, 1.54) is 6.42 Å². The van der Waals surface area contributed by atoms with Crippen LogP contribution in [-0.2, 0) is 16.0 Å². The Morgan fingerprint density at radius 1 is 1.63 bits per heavy atom. The molecule has 1 fully saturated rings. The van der Waals surface area contributed by atoms with E-state index in [-0.39, 0.29) is 12.1 Å². The number of nitrogens with one attached hydrogen (secondary N) is 1. The van der Waals surface area contributed by atoms with Gasteiger partial charge in [0.2, 0.25) is 0 Å². The molecule has 1 aromatic rings. The van der Waals surface area contributed by atoms with Gasteiger partial charge in [0.15, 0.2) is 0 Å². The Labute approximate surface area is 113 Å². The van der Waals surface area contributed by atoms with E-state index >= 15 is 0 Å². The highest BCUT2D eigenvalue weighted by atomic mass is 16.5. The highest BCUT2D eigenvalue weighted by molar-refractivity contribution is 5.76. The summed E-state index contributed by atoms with van der Waals surface area (Å²) in [4.78, 5) is 18.8. The second-order valence-corrected chi connectivity index (χ2v) is 5.39. The number of ether oxygens (including phenoxy) is 1. The molecule has 0 aliphatic heterocycles. The van der Waals surface area contributed by atoms with Crippen LogP contribution in [0.4, 0.5) is 0 Å². The Bertz CT molecular complexity index is 391. The van der Waals surface area contributed by atoms with Gasteiger partial charge in [-0.05, 0) is 25.2 Å². The van der Waals surface area contributed by atoms with Gasteiger partial charge in [0.25, 0.3) is 0 Å². The SMILES string of the molecule is CCC1CCCC(OC(=O)C(N)Cc2cnc[nH]2)C1. The van der Waals surface area contributed by atoms with E-state index < -0.39 is 6.04 Å². The minimum Gasteiger partial charge on any atom is -0.461 e. The molecule has 1 aliphatic rings. The molecule has 5 nitrogen and oxygen atoms in total. The van der Waals surface area contributed by atoms with Crippen LogP contribution in [0.3, 0.4) is 0 Å². The van der Waals surface area contributed by atoms with Gasteiger partial charge in [-0.2, -0.15) is 0 Å². The zero-order valence-corrected chi connectivity index (χ0v) is 11.5. The molecule has 0 aromatic carbocycles. The molecule has 0 spiro atoms. The zero-order valence-electron chi connectivity index (χ0n) is 11.5. The first-order valence-corrected chi connectivity index (χ1v) is 7.12. The zero-order chi connectivity index (χ0) is 13.7. The van der Waals surface area contributed by atoms with Crippen molar-refractivity contribution in [1.82, 2.24) is 9.97 Å². The number of aromatic nitrogens is 2. The van der Waals surface area contributed by atoms with Gasteiger partial charge in [-0.1, -0.05) is 19.8 Å². The lowest BCUT2D eigenvalue weighted by Crippen LogP contribution is -2.38. The number of aromatic amines is 1. The lowest BCUT2D eigenvalue weighted by Gasteiger charge is -2.28. The van der Waals surface area contributed by atoms with E-state index in [1.807, 2.05) is 0 Å². The summed E-state index contributed by atoms with van der Waals surface area (Å²) in [5, 5.41) is 0. The molecule has 19 heavy (non-hydrogen) atoms. The summed E-state index contributed by atoms with van der Waals surface area (Å²) in [6.07, 6.45) is 9.28. The molecule has 0 saturated heterocycles. The minimum atomic E-state index is -0.609. The Morgan fingerprint density at radius 2 is 2.47 bits per heavy atom. The Morgan fingerprint density at radius 3 is 3.16 bits per heavy atom. The van der Waals surface area contributed by atoms with E-state index in [0.717, 1.165) is 31.4 Å². The fourth-order valence-corrected chi connectivity index (χ4v) is 2.69. The Balaban J connectivity index is 1.79. The Kier molecular flexibility index (Phi) is 4.96. The van der Waals surface area contributed by atoms with Gasteiger partial charge in [0.1, 0.15) is 12.1 Å². The van der Waals surface area contributed by atoms with Gasteiger partial charge in [0.05, 0.1) is 6.33 Å². The van der Waals surface area contributed by atoms with E-state index in [9.17, 15) is 4.79 Å². The summed E-state index contributed by atoms with van der Waals surface area (Å²) < 4.78 is 5.54. The first-order chi connectivity index (χ1) is 9.19. The van der Waals surface area contributed by atoms with E-state index in [0.29, 0.717) is 12.3 Å². The predicted octanol–water partition coefficient (Wildman–Crippen LogP) is 1.79. The number of H-pyrrole nitrogens is 1. The smallest absolute Gasteiger partial charge is 0.323 e. The predicted molar refractivity (Wildman–Crippen MR) is 72.4 cm³/mol. The number of carbonyl (C=O) groups is 1. The standard InChI is InChI=1S/C14H23N3O2/c1-2-10-4-3-5-12(6-10)19-14(18)13(15)7-11-8-16-9-17-11/h8-10,12-13H,2-7,15H2,1H3,(H,16,17). The highest BCUT2D eigenvalue weighted by Gasteiger charge is 2.26. The van der Waals surface area contributed by atoms with Crippen LogP contribution < -0.4 is 5.73 Å². The van der Waals surface area contributed by atoms with Crippen LogP contribution in [-0.4, -0.2) is 28.1 Å². The average Bonchev–Trinajstić information content (AvgIpc) is 2.91. The lowest BCUT2D eigenvalue weighted by atomic mass is 9.85. The third-order valence-electron chi connectivity index (χ3n) is 3.89. The van der Waals surface area contributed by atoms with Crippen molar-refractivity contribution in [3.05, 3.63) is 18.2 Å². The average molecular weight is 265 g/mol. The number of imidazole rings is 1. The van der Waals surface area contributed by atoms with Crippen molar-refractivity contribution in [2.24, 2.45) is 11.7 Å². The van der Waals surface area contributed by atoms with Crippen molar-refractivity contribution in [2.45, 2.75) is 57.6 Å². The summed E-state index contributed by atoms with van der Waals surface area (Å²) >= 11 is 0. The maximum atomic E-state index is 12.0. The molecule has 1 aromatic heterocycles.